The quantitative estimate of drug-likeness (QED) is 0.303. The molecule has 2 amide bonds. The highest BCUT2D eigenvalue weighted by atomic mass is 19.4. The van der Waals surface area contributed by atoms with Crippen LogP contribution in [0.3, 0.4) is 0 Å². The highest BCUT2D eigenvalue weighted by molar-refractivity contribution is 5.89. The number of aliphatic hydroxyl groups is 1. The molecule has 0 saturated heterocycles. The topological polar surface area (TPSA) is 99.1 Å². The van der Waals surface area contributed by atoms with Gasteiger partial charge in [-0.05, 0) is 67.3 Å². The van der Waals surface area contributed by atoms with Gasteiger partial charge >= 0.3 is 30.7 Å². The minimum Gasteiger partial charge on any atom is -0.465 e. The monoisotopic (exact) mass is 618 g/mol. The van der Waals surface area contributed by atoms with Crippen LogP contribution in [0.2, 0.25) is 0 Å². The van der Waals surface area contributed by atoms with Gasteiger partial charge in [0.15, 0.2) is 0 Å². The third kappa shape index (κ3) is 8.90. The molecule has 0 fully saturated rings. The minimum absolute atomic E-state index is 0.0443. The molecule has 2 atom stereocenters. The van der Waals surface area contributed by atoms with Crippen molar-refractivity contribution in [2.45, 2.75) is 63.7 Å². The first-order valence-corrected chi connectivity index (χ1v) is 12.4. The van der Waals surface area contributed by atoms with Gasteiger partial charge in [0.05, 0.1) is 35.0 Å². The van der Waals surface area contributed by atoms with Gasteiger partial charge in [0, 0.05) is 19.1 Å². The SMILES string of the molecule is CCO.CC[C@@H]1C[C@H](NC(=O)OCCc2cc(C(F)(F)F)cc(C(F)(F)F)c2)c2cc(C(F)(F)F)ccc2N1C(=O)O. The van der Waals surface area contributed by atoms with Crippen molar-refractivity contribution in [1.82, 2.24) is 5.32 Å². The Balaban J connectivity index is 0.00000197. The molecule has 0 radical (unpaired) electrons. The average molecular weight is 618 g/mol. The number of nitrogens with zero attached hydrogens (tertiary/aromatic N) is 1. The first-order valence-electron chi connectivity index (χ1n) is 12.4. The van der Waals surface area contributed by atoms with Crippen molar-refractivity contribution in [2.75, 3.05) is 18.1 Å². The van der Waals surface area contributed by atoms with Crippen molar-refractivity contribution >= 4 is 17.9 Å². The fourth-order valence-electron chi connectivity index (χ4n) is 4.28. The summed E-state index contributed by atoms with van der Waals surface area (Å²) in [5, 5.41) is 19.5. The second-order valence-electron chi connectivity index (χ2n) is 9.03. The summed E-state index contributed by atoms with van der Waals surface area (Å²) in [7, 11) is 0. The second kappa shape index (κ2) is 13.5. The Morgan fingerprint density at radius 2 is 1.43 bits per heavy atom. The maximum absolute atomic E-state index is 13.3. The zero-order valence-corrected chi connectivity index (χ0v) is 22.1. The number of ether oxygens (including phenoxy) is 1. The third-order valence-electron chi connectivity index (χ3n) is 6.10. The van der Waals surface area contributed by atoms with Crippen LogP contribution in [0.5, 0.6) is 0 Å². The third-order valence-corrected chi connectivity index (χ3v) is 6.10. The van der Waals surface area contributed by atoms with Crippen LogP contribution in [0.25, 0.3) is 0 Å². The predicted molar refractivity (Wildman–Crippen MR) is 131 cm³/mol. The number of carboxylic acid groups (broad SMARTS) is 1. The number of anilines is 1. The van der Waals surface area contributed by atoms with Crippen molar-refractivity contribution in [3.63, 3.8) is 0 Å². The summed E-state index contributed by atoms with van der Waals surface area (Å²) in [6.45, 7) is 2.92. The van der Waals surface area contributed by atoms with Crippen molar-refractivity contribution in [3.8, 4) is 0 Å². The normalized spacial score (nSPS) is 17.1. The molecule has 234 valence electrons. The van der Waals surface area contributed by atoms with Gasteiger partial charge in [-0.2, -0.15) is 39.5 Å². The van der Waals surface area contributed by atoms with E-state index in [9.17, 15) is 54.2 Å². The van der Waals surface area contributed by atoms with Crippen LogP contribution in [0.4, 0.5) is 54.8 Å². The summed E-state index contributed by atoms with van der Waals surface area (Å²) in [4.78, 5) is 25.1. The molecule has 0 spiro atoms. The molecule has 1 heterocycles. The fourth-order valence-corrected chi connectivity index (χ4v) is 4.28. The summed E-state index contributed by atoms with van der Waals surface area (Å²) in [5.74, 6) is 0. The summed E-state index contributed by atoms with van der Waals surface area (Å²) in [6, 6.07) is 1.45. The van der Waals surface area contributed by atoms with Crippen molar-refractivity contribution < 1.29 is 64.1 Å². The lowest BCUT2D eigenvalue weighted by Gasteiger charge is -2.39. The van der Waals surface area contributed by atoms with E-state index in [2.05, 4.69) is 5.32 Å². The number of amides is 2. The van der Waals surface area contributed by atoms with Gasteiger partial charge in [-0.15, -0.1) is 0 Å². The van der Waals surface area contributed by atoms with Gasteiger partial charge in [0.25, 0.3) is 0 Å². The number of aliphatic hydroxyl groups excluding tert-OH is 1. The molecule has 0 unspecified atom stereocenters. The van der Waals surface area contributed by atoms with Crippen LogP contribution in [0.1, 0.15) is 60.5 Å². The number of carbonyl (C=O) groups excluding carboxylic acids is 1. The fraction of sp³-hybridized carbons (Fsp3) is 0.462. The van der Waals surface area contributed by atoms with E-state index in [1.54, 1.807) is 13.8 Å². The lowest BCUT2D eigenvalue weighted by molar-refractivity contribution is -0.143. The smallest absolute Gasteiger partial charge is 0.416 e. The van der Waals surface area contributed by atoms with E-state index in [0.717, 1.165) is 11.0 Å². The van der Waals surface area contributed by atoms with Crippen LogP contribution >= 0.6 is 0 Å². The summed E-state index contributed by atoms with van der Waals surface area (Å²) in [6.07, 6.45) is -17.9. The predicted octanol–water partition coefficient (Wildman–Crippen LogP) is 7.42. The molecular formula is C26H27F9N2O5. The molecule has 0 aromatic heterocycles. The first kappa shape index (κ1) is 34.5. The molecule has 42 heavy (non-hydrogen) atoms. The summed E-state index contributed by atoms with van der Waals surface area (Å²) >= 11 is 0. The highest BCUT2D eigenvalue weighted by Gasteiger charge is 2.40. The maximum atomic E-state index is 13.3. The van der Waals surface area contributed by atoms with E-state index in [-0.39, 0.29) is 36.8 Å². The number of hydrogen-bond acceptors (Lipinski definition) is 4. The van der Waals surface area contributed by atoms with E-state index in [0.29, 0.717) is 24.3 Å². The number of alkyl halides is 9. The van der Waals surface area contributed by atoms with Crippen LogP contribution < -0.4 is 10.2 Å². The maximum Gasteiger partial charge on any atom is 0.416 e. The van der Waals surface area contributed by atoms with E-state index < -0.39 is 78.1 Å². The van der Waals surface area contributed by atoms with Gasteiger partial charge < -0.3 is 20.3 Å². The largest absolute Gasteiger partial charge is 0.465 e. The number of carbonyl (C=O) groups is 2. The lowest BCUT2D eigenvalue weighted by Crippen LogP contribution is -2.47. The lowest BCUT2D eigenvalue weighted by atomic mass is 9.89. The van der Waals surface area contributed by atoms with Gasteiger partial charge in [0.1, 0.15) is 0 Å². The molecule has 2 aromatic rings. The summed E-state index contributed by atoms with van der Waals surface area (Å²) < 4.78 is 123. The summed E-state index contributed by atoms with van der Waals surface area (Å²) in [5.41, 5.74) is -4.81. The molecule has 3 rings (SSSR count). The van der Waals surface area contributed by atoms with Crippen molar-refractivity contribution in [2.24, 2.45) is 0 Å². The number of alkyl carbamates (subject to hydrolysis) is 1. The molecule has 7 nitrogen and oxygen atoms in total. The van der Waals surface area contributed by atoms with E-state index in [4.69, 9.17) is 9.84 Å². The van der Waals surface area contributed by atoms with Crippen molar-refractivity contribution in [3.05, 3.63) is 64.2 Å². The van der Waals surface area contributed by atoms with Gasteiger partial charge in [-0.1, -0.05) is 6.92 Å². The molecular weight excluding hydrogens is 591 g/mol. The molecule has 0 saturated carbocycles. The Morgan fingerprint density at radius 3 is 1.88 bits per heavy atom. The second-order valence-corrected chi connectivity index (χ2v) is 9.03. The molecule has 0 bridgehead atoms. The Hall–Kier alpha value is -3.69. The Labute approximate surface area is 233 Å². The average Bonchev–Trinajstić information content (AvgIpc) is 2.86. The highest BCUT2D eigenvalue weighted by Crippen LogP contribution is 2.42. The Bertz CT molecular complexity index is 1210. The van der Waals surface area contributed by atoms with Crippen LogP contribution in [0.15, 0.2) is 36.4 Å². The molecule has 1 aliphatic heterocycles. The van der Waals surface area contributed by atoms with E-state index >= 15 is 0 Å². The first-order chi connectivity index (χ1) is 19.3. The Morgan fingerprint density at radius 1 is 0.905 bits per heavy atom. The zero-order valence-electron chi connectivity index (χ0n) is 22.1. The molecule has 2 aromatic carbocycles. The van der Waals surface area contributed by atoms with Crippen molar-refractivity contribution in [1.29, 1.82) is 0 Å². The number of halogens is 9. The van der Waals surface area contributed by atoms with Crippen LogP contribution in [0, 0.1) is 0 Å². The number of benzene rings is 2. The molecule has 16 heteroatoms. The number of fused-ring (bicyclic) bond motifs is 1. The van der Waals surface area contributed by atoms with Gasteiger partial charge in [0.2, 0.25) is 0 Å². The number of nitrogens with one attached hydrogen (secondary N) is 1. The van der Waals surface area contributed by atoms with E-state index in [1.165, 1.54) is 0 Å². The zero-order chi connectivity index (χ0) is 32.0. The Kier molecular flexibility index (Phi) is 11.1. The van der Waals surface area contributed by atoms with Gasteiger partial charge in [-0.25, -0.2) is 9.59 Å². The number of hydrogen-bond donors (Lipinski definition) is 3. The molecule has 0 aliphatic carbocycles. The molecule has 3 N–H and O–H groups in total. The minimum atomic E-state index is -5.06. The van der Waals surface area contributed by atoms with Crippen LogP contribution in [-0.4, -0.2) is 41.7 Å². The van der Waals surface area contributed by atoms with Crippen LogP contribution in [-0.2, 0) is 29.7 Å². The van der Waals surface area contributed by atoms with Gasteiger partial charge in [-0.3, -0.25) is 4.90 Å². The van der Waals surface area contributed by atoms with E-state index in [1.807, 2.05) is 0 Å². The number of rotatable bonds is 5. The standard InChI is InChI=1S/C24H21F9N2O4.C2H6O/c1-2-16-11-18(17-10-13(22(25,26)27)3-4-19(17)35(16)21(37)38)34-20(36)39-6-5-12-7-14(23(28,29)30)9-15(8-12)24(31,32)33;1-2-3/h3-4,7-10,16,18H,2,5-6,11H2,1H3,(H,34,36)(H,37,38);3H,2H2,1H3/t16-,18+;/m1./s1. The molecule has 1 aliphatic rings.